The van der Waals surface area contributed by atoms with Gasteiger partial charge in [-0.3, -0.25) is 9.48 Å². The average molecular weight is 434 g/mol. The van der Waals surface area contributed by atoms with Gasteiger partial charge in [0.25, 0.3) is 5.91 Å². The molecule has 4 aromatic heterocycles. The summed E-state index contributed by atoms with van der Waals surface area (Å²) in [7, 11) is 1.73. The molecular weight excluding hydrogens is 415 g/mol. The molecule has 162 valence electrons. The van der Waals surface area contributed by atoms with Crippen LogP contribution in [0.25, 0.3) is 33.5 Å². The van der Waals surface area contributed by atoms with Crippen LogP contribution in [0, 0.1) is 5.82 Å². The number of oxazole rings is 1. The van der Waals surface area contributed by atoms with Crippen LogP contribution in [0.5, 0.6) is 0 Å². The summed E-state index contributed by atoms with van der Waals surface area (Å²) >= 11 is 0. The third-order valence-electron chi connectivity index (χ3n) is 5.18. The van der Waals surface area contributed by atoms with Crippen LogP contribution in [-0.2, 0) is 13.6 Å². The molecule has 0 aliphatic heterocycles. The number of aromatic amines is 1. The van der Waals surface area contributed by atoms with Crippen LogP contribution in [0.15, 0.2) is 41.3 Å². The molecule has 1 atom stereocenters. The van der Waals surface area contributed by atoms with Crippen LogP contribution in [0.2, 0.25) is 0 Å². The van der Waals surface area contributed by atoms with Gasteiger partial charge in [0.1, 0.15) is 35.0 Å². The van der Waals surface area contributed by atoms with Gasteiger partial charge in [-0.15, -0.1) is 0 Å². The van der Waals surface area contributed by atoms with E-state index < -0.39 is 6.04 Å². The van der Waals surface area contributed by atoms with Crippen molar-refractivity contribution in [2.24, 2.45) is 12.8 Å². The molecule has 32 heavy (non-hydrogen) atoms. The number of carbonyl (C=O) groups excluding carboxylic acids is 1. The van der Waals surface area contributed by atoms with Crippen molar-refractivity contribution in [3.8, 4) is 11.4 Å². The van der Waals surface area contributed by atoms with Crippen LogP contribution >= 0.6 is 0 Å². The zero-order valence-corrected chi connectivity index (χ0v) is 17.3. The van der Waals surface area contributed by atoms with Gasteiger partial charge < -0.3 is 20.5 Å². The Bertz CT molecular complexity index is 1470. The van der Waals surface area contributed by atoms with Crippen molar-refractivity contribution in [3.63, 3.8) is 0 Å². The standard InChI is InChI=1S/C21H19FN8O2/c1-10(21-27-12(6-23)9-32-21)26-20(31)14-7-24-19-18(14)28-15(8-25-19)17-13-4-3-11(22)5-16(13)30(2)29-17/h3-5,7-10H,6,23H2,1-2H3,(H,24,25)(H,26,31)/t10-/m1/s1. The van der Waals surface area contributed by atoms with E-state index in [2.05, 4.69) is 30.4 Å². The Morgan fingerprint density at radius 3 is 3.00 bits per heavy atom. The number of halogens is 1. The summed E-state index contributed by atoms with van der Waals surface area (Å²) in [4.78, 5) is 29.1. The number of aryl methyl sites for hydroxylation is 1. The van der Waals surface area contributed by atoms with Crippen molar-refractivity contribution in [2.45, 2.75) is 19.5 Å². The minimum Gasteiger partial charge on any atom is -0.446 e. The molecule has 10 nitrogen and oxygen atoms in total. The van der Waals surface area contributed by atoms with Gasteiger partial charge in [-0.1, -0.05) is 0 Å². The number of benzene rings is 1. The first kappa shape index (κ1) is 19.8. The maximum atomic E-state index is 13.7. The molecule has 0 unspecified atom stereocenters. The molecule has 4 heterocycles. The Hall–Kier alpha value is -4.12. The second-order valence-electron chi connectivity index (χ2n) is 7.36. The lowest BCUT2D eigenvalue weighted by Crippen LogP contribution is -2.26. The number of nitrogens with two attached hydrogens (primary N) is 1. The van der Waals surface area contributed by atoms with Crippen LogP contribution < -0.4 is 11.1 Å². The smallest absolute Gasteiger partial charge is 0.255 e. The number of aromatic nitrogens is 6. The number of nitrogens with one attached hydrogen (secondary N) is 2. The maximum Gasteiger partial charge on any atom is 0.255 e. The summed E-state index contributed by atoms with van der Waals surface area (Å²) in [5, 5.41) is 8.05. The minimum absolute atomic E-state index is 0.250. The van der Waals surface area contributed by atoms with E-state index >= 15 is 0 Å². The van der Waals surface area contributed by atoms with Gasteiger partial charge in [-0.2, -0.15) is 5.10 Å². The Kier molecular flexibility index (Phi) is 4.67. The zero-order valence-electron chi connectivity index (χ0n) is 17.3. The third-order valence-corrected chi connectivity index (χ3v) is 5.18. The molecular formula is C21H19FN8O2. The molecule has 0 radical (unpaired) electrons. The fourth-order valence-corrected chi connectivity index (χ4v) is 3.55. The van der Waals surface area contributed by atoms with E-state index in [9.17, 15) is 9.18 Å². The van der Waals surface area contributed by atoms with E-state index in [-0.39, 0.29) is 18.3 Å². The quantitative estimate of drug-likeness (QED) is 0.386. The Balaban J connectivity index is 1.50. The molecule has 0 saturated heterocycles. The molecule has 0 bridgehead atoms. The number of nitrogens with zero attached hydrogens (tertiary/aromatic N) is 5. The third kappa shape index (κ3) is 3.28. The summed E-state index contributed by atoms with van der Waals surface area (Å²) in [5.41, 5.74) is 8.97. The van der Waals surface area contributed by atoms with Gasteiger partial charge in [0.05, 0.1) is 23.0 Å². The Morgan fingerprint density at radius 1 is 1.38 bits per heavy atom. The predicted molar refractivity (Wildman–Crippen MR) is 114 cm³/mol. The van der Waals surface area contributed by atoms with E-state index in [1.54, 1.807) is 37.1 Å². The van der Waals surface area contributed by atoms with Crippen LogP contribution in [0.4, 0.5) is 4.39 Å². The van der Waals surface area contributed by atoms with E-state index in [1.165, 1.54) is 18.4 Å². The van der Waals surface area contributed by atoms with Crippen molar-refractivity contribution in [1.82, 2.24) is 35.0 Å². The summed E-state index contributed by atoms with van der Waals surface area (Å²) < 4.78 is 20.6. The number of hydrogen-bond donors (Lipinski definition) is 3. The Morgan fingerprint density at radius 2 is 2.22 bits per heavy atom. The number of carbonyl (C=O) groups is 1. The van der Waals surface area contributed by atoms with Crippen molar-refractivity contribution in [2.75, 3.05) is 0 Å². The zero-order chi connectivity index (χ0) is 22.4. The first-order valence-corrected chi connectivity index (χ1v) is 9.86. The second-order valence-corrected chi connectivity index (χ2v) is 7.36. The normalized spacial score (nSPS) is 12.5. The highest BCUT2D eigenvalue weighted by molar-refractivity contribution is 6.05. The van der Waals surface area contributed by atoms with Gasteiger partial charge in [-0.05, 0) is 25.1 Å². The largest absolute Gasteiger partial charge is 0.446 e. The van der Waals surface area contributed by atoms with E-state index in [0.717, 1.165) is 5.39 Å². The molecule has 0 aliphatic rings. The fraction of sp³-hybridized carbons (Fsp3) is 0.190. The Labute approximate surface area is 180 Å². The molecule has 0 spiro atoms. The van der Waals surface area contributed by atoms with Crippen LogP contribution in [0.3, 0.4) is 0 Å². The first-order chi connectivity index (χ1) is 15.4. The fourth-order valence-electron chi connectivity index (χ4n) is 3.55. The molecule has 1 amide bonds. The van der Waals surface area contributed by atoms with Crippen LogP contribution in [0.1, 0.15) is 34.9 Å². The molecule has 11 heteroatoms. The molecule has 5 rings (SSSR count). The lowest BCUT2D eigenvalue weighted by molar-refractivity contribution is 0.0935. The number of hydrogen-bond acceptors (Lipinski definition) is 7. The number of H-pyrrole nitrogens is 1. The minimum atomic E-state index is -0.474. The predicted octanol–water partition coefficient (Wildman–Crippen LogP) is 2.59. The molecule has 5 aromatic rings. The summed E-state index contributed by atoms with van der Waals surface area (Å²) in [5.74, 6) is -0.356. The van der Waals surface area contributed by atoms with Crippen LogP contribution in [-0.4, -0.2) is 35.6 Å². The summed E-state index contributed by atoms with van der Waals surface area (Å²) in [6.07, 6.45) is 4.57. The van der Waals surface area contributed by atoms with E-state index in [4.69, 9.17) is 10.2 Å². The van der Waals surface area contributed by atoms with Gasteiger partial charge in [0, 0.05) is 25.2 Å². The first-order valence-electron chi connectivity index (χ1n) is 9.86. The number of fused-ring (bicyclic) bond motifs is 2. The van der Waals surface area contributed by atoms with Crippen molar-refractivity contribution < 1.29 is 13.6 Å². The molecule has 0 fully saturated rings. The van der Waals surface area contributed by atoms with E-state index in [0.29, 0.717) is 45.2 Å². The second kappa shape index (κ2) is 7.54. The highest BCUT2D eigenvalue weighted by Gasteiger charge is 2.21. The van der Waals surface area contributed by atoms with Crippen molar-refractivity contribution in [1.29, 1.82) is 0 Å². The number of rotatable bonds is 5. The average Bonchev–Trinajstić information content (AvgIpc) is 3.50. The SMILES string of the molecule is C[C@@H](NC(=O)c1c[nH]c2ncc(-c3nn(C)c4cc(F)ccc34)nc12)c1nc(CN)co1. The van der Waals surface area contributed by atoms with Crippen molar-refractivity contribution in [3.05, 3.63) is 59.8 Å². The molecule has 0 saturated carbocycles. The molecule has 0 aliphatic carbocycles. The van der Waals surface area contributed by atoms with Gasteiger partial charge in [0.2, 0.25) is 5.89 Å². The molecule has 4 N–H and O–H groups in total. The lowest BCUT2D eigenvalue weighted by atomic mass is 10.1. The van der Waals surface area contributed by atoms with Gasteiger partial charge in [-0.25, -0.2) is 19.3 Å². The van der Waals surface area contributed by atoms with E-state index in [1.807, 2.05) is 0 Å². The molecule has 1 aromatic carbocycles. The number of amides is 1. The van der Waals surface area contributed by atoms with Gasteiger partial charge in [0.15, 0.2) is 5.65 Å². The highest BCUT2D eigenvalue weighted by atomic mass is 19.1. The maximum absolute atomic E-state index is 13.7. The van der Waals surface area contributed by atoms with Gasteiger partial charge >= 0.3 is 0 Å². The summed E-state index contributed by atoms with van der Waals surface area (Å²) in [6, 6.07) is 3.96. The topological polar surface area (TPSA) is 141 Å². The highest BCUT2D eigenvalue weighted by Crippen LogP contribution is 2.28. The summed E-state index contributed by atoms with van der Waals surface area (Å²) in [6.45, 7) is 2.01. The lowest BCUT2D eigenvalue weighted by Gasteiger charge is -2.09. The van der Waals surface area contributed by atoms with Crippen molar-refractivity contribution >= 4 is 28.0 Å². The monoisotopic (exact) mass is 434 g/mol.